The van der Waals surface area contributed by atoms with E-state index in [1.54, 1.807) is 0 Å². The van der Waals surface area contributed by atoms with Crippen molar-refractivity contribution in [2.24, 2.45) is 0 Å². The topological polar surface area (TPSA) is 32.8 Å². The Morgan fingerprint density at radius 3 is 2.31 bits per heavy atom. The average Bonchev–Trinajstić information content (AvgIpc) is 2.63. The zero-order valence-corrected chi connectivity index (χ0v) is 16.2. The SMILES string of the molecule is Cc1cccc(N2CCN(C(=O)COc3cc(C)c(C)cc3C)CC2)c1. The maximum absolute atomic E-state index is 12.5. The van der Waals surface area contributed by atoms with Crippen molar-refractivity contribution < 1.29 is 9.53 Å². The van der Waals surface area contributed by atoms with Crippen molar-refractivity contribution in [3.8, 4) is 5.75 Å². The lowest BCUT2D eigenvalue weighted by Gasteiger charge is -2.36. The number of carbonyl (C=O) groups is 1. The first-order chi connectivity index (χ1) is 12.4. The van der Waals surface area contributed by atoms with Gasteiger partial charge in [-0.25, -0.2) is 0 Å². The zero-order valence-electron chi connectivity index (χ0n) is 16.2. The van der Waals surface area contributed by atoms with E-state index in [4.69, 9.17) is 4.74 Å². The number of carbonyl (C=O) groups excluding carboxylic acids is 1. The van der Waals surface area contributed by atoms with Gasteiger partial charge in [-0.05, 0) is 68.1 Å². The van der Waals surface area contributed by atoms with E-state index in [2.05, 4.69) is 56.0 Å². The summed E-state index contributed by atoms with van der Waals surface area (Å²) in [4.78, 5) is 16.8. The van der Waals surface area contributed by atoms with Crippen LogP contribution in [0.25, 0.3) is 0 Å². The normalized spacial score (nSPS) is 14.5. The summed E-state index contributed by atoms with van der Waals surface area (Å²) >= 11 is 0. The number of amides is 1. The van der Waals surface area contributed by atoms with Crippen LogP contribution in [0.4, 0.5) is 5.69 Å². The highest BCUT2D eigenvalue weighted by Gasteiger charge is 2.21. The van der Waals surface area contributed by atoms with Gasteiger partial charge < -0.3 is 14.5 Å². The maximum atomic E-state index is 12.5. The molecule has 0 unspecified atom stereocenters. The number of ether oxygens (including phenoxy) is 1. The molecule has 0 atom stereocenters. The first-order valence-corrected chi connectivity index (χ1v) is 9.24. The number of nitrogens with zero attached hydrogens (tertiary/aromatic N) is 2. The van der Waals surface area contributed by atoms with Crippen LogP contribution in [0.2, 0.25) is 0 Å². The molecule has 1 saturated heterocycles. The summed E-state index contributed by atoms with van der Waals surface area (Å²) in [7, 11) is 0. The zero-order chi connectivity index (χ0) is 18.7. The third kappa shape index (κ3) is 4.18. The summed E-state index contributed by atoms with van der Waals surface area (Å²) in [6.07, 6.45) is 0. The number of anilines is 1. The second kappa shape index (κ2) is 7.81. The lowest BCUT2D eigenvalue weighted by atomic mass is 10.1. The minimum absolute atomic E-state index is 0.0616. The summed E-state index contributed by atoms with van der Waals surface area (Å²) in [5.74, 6) is 0.867. The molecule has 2 aromatic rings. The van der Waals surface area contributed by atoms with Crippen LogP contribution in [0, 0.1) is 27.7 Å². The third-order valence-corrected chi connectivity index (χ3v) is 5.14. The van der Waals surface area contributed by atoms with Crippen molar-refractivity contribution in [2.45, 2.75) is 27.7 Å². The van der Waals surface area contributed by atoms with E-state index >= 15 is 0 Å². The molecule has 0 spiro atoms. The Balaban J connectivity index is 1.53. The third-order valence-electron chi connectivity index (χ3n) is 5.14. The van der Waals surface area contributed by atoms with Gasteiger partial charge >= 0.3 is 0 Å². The van der Waals surface area contributed by atoms with Crippen molar-refractivity contribution >= 4 is 11.6 Å². The molecule has 0 radical (unpaired) electrons. The van der Waals surface area contributed by atoms with E-state index in [1.165, 1.54) is 22.4 Å². The van der Waals surface area contributed by atoms with Crippen LogP contribution in [0.1, 0.15) is 22.3 Å². The number of hydrogen-bond acceptors (Lipinski definition) is 3. The highest BCUT2D eigenvalue weighted by molar-refractivity contribution is 5.78. The first kappa shape index (κ1) is 18.3. The monoisotopic (exact) mass is 352 g/mol. The Morgan fingerprint density at radius 2 is 1.62 bits per heavy atom. The summed E-state index contributed by atoms with van der Waals surface area (Å²) < 4.78 is 5.81. The van der Waals surface area contributed by atoms with Gasteiger partial charge in [0.05, 0.1) is 0 Å². The molecule has 0 saturated carbocycles. The van der Waals surface area contributed by atoms with E-state index in [0.717, 1.165) is 37.5 Å². The van der Waals surface area contributed by atoms with E-state index in [9.17, 15) is 4.79 Å². The smallest absolute Gasteiger partial charge is 0.260 e. The molecule has 0 bridgehead atoms. The van der Waals surface area contributed by atoms with Gasteiger partial charge in [-0.2, -0.15) is 0 Å². The highest BCUT2D eigenvalue weighted by atomic mass is 16.5. The van der Waals surface area contributed by atoms with E-state index in [-0.39, 0.29) is 12.5 Å². The quantitative estimate of drug-likeness (QED) is 0.842. The Morgan fingerprint density at radius 1 is 0.923 bits per heavy atom. The summed E-state index contributed by atoms with van der Waals surface area (Å²) in [5.41, 5.74) is 6.00. The second-order valence-electron chi connectivity index (χ2n) is 7.20. The molecule has 1 heterocycles. The molecule has 0 aromatic heterocycles. The van der Waals surface area contributed by atoms with E-state index in [1.807, 2.05) is 17.9 Å². The second-order valence-corrected chi connectivity index (χ2v) is 7.20. The largest absolute Gasteiger partial charge is 0.483 e. The summed E-state index contributed by atoms with van der Waals surface area (Å²) in [6.45, 7) is 11.6. The summed E-state index contributed by atoms with van der Waals surface area (Å²) in [5, 5.41) is 0. The molecule has 4 heteroatoms. The maximum Gasteiger partial charge on any atom is 0.260 e. The number of rotatable bonds is 4. The fourth-order valence-corrected chi connectivity index (χ4v) is 3.36. The van der Waals surface area contributed by atoms with Crippen molar-refractivity contribution in [1.29, 1.82) is 0 Å². The fourth-order valence-electron chi connectivity index (χ4n) is 3.36. The molecular weight excluding hydrogens is 324 g/mol. The van der Waals surface area contributed by atoms with Gasteiger partial charge in [0.1, 0.15) is 5.75 Å². The molecule has 1 aliphatic rings. The molecule has 138 valence electrons. The van der Waals surface area contributed by atoms with Gasteiger partial charge in [0.2, 0.25) is 0 Å². The molecule has 3 rings (SSSR count). The number of piperazine rings is 1. The van der Waals surface area contributed by atoms with Crippen molar-refractivity contribution in [2.75, 3.05) is 37.7 Å². The lowest BCUT2D eigenvalue weighted by Crippen LogP contribution is -2.50. The molecule has 1 fully saturated rings. The highest BCUT2D eigenvalue weighted by Crippen LogP contribution is 2.22. The van der Waals surface area contributed by atoms with Gasteiger partial charge in [-0.3, -0.25) is 4.79 Å². The molecule has 1 amide bonds. The van der Waals surface area contributed by atoms with Crippen LogP contribution in [-0.4, -0.2) is 43.6 Å². The molecule has 0 N–H and O–H groups in total. The van der Waals surface area contributed by atoms with Gasteiger partial charge in [0.15, 0.2) is 6.61 Å². The van der Waals surface area contributed by atoms with Crippen LogP contribution in [0.3, 0.4) is 0 Å². The van der Waals surface area contributed by atoms with Crippen LogP contribution in [-0.2, 0) is 4.79 Å². The Bertz CT molecular complexity index is 793. The van der Waals surface area contributed by atoms with Crippen molar-refractivity contribution in [3.05, 3.63) is 58.7 Å². The minimum Gasteiger partial charge on any atom is -0.483 e. The number of benzene rings is 2. The predicted octanol–water partition coefficient (Wildman–Crippen LogP) is 3.65. The lowest BCUT2D eigenvalue weighted by molar-refractivity contribution is -0.133. The van der Waals surface area contributed by atoms with Crippen LogP contribution in [0.5, 0.6) is 5.75 Å². The Labute approximate surface area is 156 Å². The predicted molar refractivity (Wildman–Crippen MR) is 106 cm³/mol. The van der Waals surface area contributed by atoms with Crippen molar-refractivity contribution in [1.82, 2.24) is 4.90 Å². The Hall–Kier alpha value is -2.49. The first-order valence-electron chi connectivity index (χ1n) is 9.24. The standard InChI is InChI=1S/C22H28N2O2/c1-16-6-5-7-20(12-16)23-8-10-24(11-9-23)22(25)15-26-21-14-18(3)17(2)13-19(21)4/h5-7,12-14H,8-11,15H2,1-4H3. The fraction of sp³-hybridized carbons (Fsp3) is 0.409. The van der Waals surface area contributed by atoms with E-state index < -0.39 is 0 Å². The van der Waals surface area contributed by atoms with Crippen molar-refractivity contribution in [3.63, 3.8) is 0 Å². The average molecular weight is 352 g/mol. The van der Waals surface area contributed by atoms with Gasteiger partial charge in [0.25, 0.3) is 5.91 Å². The number of hydrogen-bond donors (Lipinski definition) is 0. The molecular formula is C22H28N2O2. The molecule has 0 aliphatic carbocycles. The van der Waals surface area contributed by atoms with Gasteiger partial charge in [0, 0.05) is 31.9 Å². The molecule has 2 aromatic carbocycles. The minimum atomic E-state index is 0.0616. The molecule has 1 aliphatic heterocycles. The summed E-state index contributed by atoms with van der Waals surface area (Å²) in [6, 6.07) is 12.7. The van der Waals surface area contributed by atoms with Gasteiger partial charge in [-0.15, -0.1) is 0 Å². The molecule has 4 nitrogen and oxygen atoms in total. The number of aryl methyl sites for hydroxylation is 4. The van der Waals surface area contributed by atoms with Gasteiger partial charge in [-0.1, -0.05) is 18.2 Å². The van der Waals surface area contributed by atoms with Crippen LogP contribution in [0.15, 0.2) is 36.4 Å². The van der Waals surface area contributed by atoms with Crippen LogP contribution < -0.4 is 9.64 Å². The Kier molecular flexibility index (Phi) is 5.50. The molecule has 26 heavy (non-hydrogen) atoms. The van der Waals surface area contributed by atoms with Crippen LogP contribution >= 0.6 is 0 Å². The van der Waals surface area contributed by atoms with E-state index in [0.29, 0.717) is 0 Å².